The maximum atomic E-state index is 12.9. The Kier molecular flexibility index (Phi) is 4.90. The van der Waals surface area contributed by atoms with Crippen molar-refractivity contribution < 1.29 is 26.3 Å². The van der Waals surface area contributed by atoms with Gasteiger partial charge in [0.05, 0.1) is 16.1 Å². The first-order valence-electron chi connectivity index (χ1n) is 7.56. The fourth-order valence-corrected chi connectivity index (χ4v) is 2.89. The molecule has 140 valence electrons. The molecule has 1 aromatic heterocycles. The smallest absolute Gasteiger partial charge is 0.263 e. The van der Waals surface area contributed by atoms with E-state index in [1.165, 1.54) is 36.7 Å². The largest absolute Gasteiger partial charge is 0.416 e. The highest BCUT2D eigenvalue weighted by Gasteiger charge is 2.31. The molecule has 0 aliphatic rings. The van der Waals surface area contributed by atoms with Gasteiger partial charge in [-0.3, -0.25) is 4.98 Å². The van der Waals surface area contributed by atoms with Crippen LogP contribution in [0, 0.1) is 0 Å². The monoisotopic (exact) mass is 401 g/mol. The molecule has 8 heteroatoms. The first kappa shape index (κ1) is 19.2. The Hall–Kier alpha value is -2.54. The zero-order valence-electron chi connectivity index (χ0n) is 13.4. The number of hydrogen-bond donors (Lipinski definition) is 0. The molecule has 2 aromatic carbocycles. The molecule has 0 fully saturated rings. The Bertz CT molecular complexity index is 903. The van der Waals surface area contributed by atoms with Gasteiger partial charge in [-0.05, 0) is 35.4 Å². The molecule has 0 spiro atoms. The minimum Gasteiger partial charge on any atom is -0.263 e. The van der Waals surface area contributed by atoms with Crippen LogP contribution in [-0.2, 0) is 12.4 Å². The highest BCUT2D eigenvalue weighted by atomic mass is 35.5. The van der Waals surface area contributed by atoms with Gasteiger partial charge in [0.25, 0.3) is 0 Å². The number of benzene rings is 2. The molecule has 1 heterocycles. The summed E-state index contributed by atoms with van der Waals surface area (Å²) in [5, 5.41) is 0.0173. The average Bonchev–Trinajstić information content (AvgIpc) is 2.61. The van der Waals surface area contributed by atoms with Crippen molar-refractivity contribution in [2.45, 2.75) is 12.4 Å². The number of pyridine rings is 1. The van der Waals surface area contributed by atoms with Crippen LogP contribution >= 0.6 is 11.6 Å². The fourth-order valence-electron chi connectivity index (χ4n) is 2.57. The van der Waals surface area contributed by atoms with Gasteiger partial charge in [0.1, 0.15) is 0 Å². The zero-order valence-corrected chi connectivity index (χ0v) is 14.1. The van der Waals surface area contributed by atoms with Gasteiger partial charge >= 0.3 is 12.4 Å². The molecule has 0 unspecified atom stereocenters. The molecule has 0 bridgehead atoms. The van der Waals surface area contributed by atoms with Crippen molar-refractivity contribution in [3.8, 4) is 22.3 Å². The predicted molar refractivity (Wildman–Crippen MR) is 90.1 cm³/mol. The van der Waals surface area contributed by atoms with Crippen LogP contribution in [0.5, 0.6) is 0 Å². The number of halogens is 7. The topological polar surface area (TPSA) is 12.9 Å². The summed E-state index contributed by atoms with van der Waals surface area (Å²) in [6.45, 7) is 0. The van der Waals surface area contributed by atoms with Crippen LogP contribution in [0.4, 0.5) is 26.3 Å². The number of hydrogen-bond acceptors (Lipinski definition) is 1. The fraction of sp³-hybridized carbons (Fsp3) is 0.105. The van der Waals surface area contributed by atoms with E-state index in [4.69, 9.17) is 11.6 Å². The number of alkyl halides is 6. The first-order chi connectivity index (χ1) is 12.6. The van der Waals surface area contributed by atoms with Gasteiger partial charge in [-0.25, -0.2) is 0 Å². The van der Waals surface area contributed by atoms with E-state index < -0.39 is 23.5 Å². The van der Waals surface area contributed by atoms with Crippen LogP contribution in [0.1, 0.15) is 11.1 Å². The van der Waals surface area contributed by atoms with Crippen molar-refractivity contribution in [1.29, 1.82) is 0 Å². The second-order valence-corrected chi connectivity index (χ2v) is 6.08. The summed E-state index contributed by atoms with van der Waals surface area (Å²) in [4.78, 5) is 3.93. The maximum Gasteiger partial charge on any atom is 0.416 e. The average molecular weight is 402 g/mol. The highest BCUT2D eigenvalue weighted by molar-refractivity contribution is 6.36. The van der Waals surface area contributed by atoms with E-state index >= 15 is 0 Å². The Balaban J connectivity index is 2.11. The molecule has 0 aliphatic carbocycles. The predicted octanol–water partition coefficient (Wildman–Crippen LogP) is 7.11. The summed E-state index contributed by atoms with van der Waals surface area (Å²) < 4.78 is 77.6. The zero-order chi connectivity index (χ0) is 19.8. The summed E-state index contributed by atoms with van der Waals surface area (Å²) in [7, 11) is 0. The van der Waals surface area contributed by atoms with E-state index in [0.29, 0.717) is 0 Å². The molecule has 0 atom stereocenters. The highest BCUT2D eigenvalue weighted by Crippen LogP contribution is 2.39. The molecular formula is C19H10ClF6N. The van der Waals surface area contributed by atoms with Crippen LogP contribution in [0.2, 0.25) is 5.02 Å². The van der Waals surface area contributed by atoms with Gasteiger partial charge in [-0.1, -0.05) is 35.9 Å². The third-order valence-corrected chi connectivity index (χ3v) is 4.29. The van der Waals surface area contributed by atoms with Crippen molar-refractivity contribution in [3.05, 3.63) is 77.1 Å². The summed E-state index contributed by atoms with van der Waals surface area (Å²) in [5.41, 5.74) is -1.01. The third-order valence-electron chi connectivity index (χ3n) is 3.88. The summed E-state index contributed by atoms with van der Waals surface area (Å²) in [6, 6.07) is 8.97. The Morgan fingerprint density at radius 1 is 0.667 bits per heavy atom. The lowest BCUT2D eigenvalue weighted by Crippen LogP contribution is -2.05. The lowest BCUT2D eigenvalue weighted by Gasteiger charge is -2.13. The van der Waals surface area contributed by atoms with Crippen molar-refractivity contribution >= 4 is 11.6 Å². The van der Waals surface area contributed by atoms with E-state index in [-0.39, 0.29) is 27.3 Å². The van der Waals surface area contributed by atoms with Crippen molar-refractivity contribution in [2.75, 3.05) is 0 Å². The SMILES string of the molecule is FC(F)(F)c1cccc(-c2cncc(-c3cccc(C(F)(F)F)c3)c2Cl)c1. The van der Waals surface area contributed by atoms with Crippen molar-refractivity contribution in [3.63, 3.8) is 0 Å². The lowest BCUT2D eigenvalue weighted by atomic mass is 9.99. The minimum absolute atomic E-state index is 0.0173. The van der Waals surface area contributed by atoms with E-state index in [2.05, 4.69) is 4.98 Å². The van der Waals surface area contributed by atoms with Crippen LogP contribution in [0.15, 0.2) is 60.9 Å². The number of nitrogens with zero attached hydrogens (tertiary/aromatic N) is 1. The quantitative estimate of drug-likeness (QED) is 0.417. The lowest BCUT2D eigenvalue weighted by molar-refractivity contribution is -0.138. The first-order valence-corrected chi connectivity index (χ1v) is 7.94. The summed E-state index contributed by atoms with van der Waals surface area (Å²) in [6.07, 6.45) is -6.52. The van der Waals surface area contributed by atoms with Crippen LogP contribution < -0.4 is 0 Å². The van der Waals surface area contributed by atoms with Crippen LogP contribution in [0.3, 0.4) is 0 Å². The molecule has 27 heavy (non-hydrogen) atoms. The van der Waals surface area contributed by atoms with Crippen molar-refractivity contribution in [2.24, 2.45) is 0 Å². The minimum atomic E-state index is -4.53. The number of rotatable bonds is 2. The van der Waals surface area contributed by atoms with Gasteiger partial charge in [0.2, 0.25) is 0 Å². The van der Waals surface area contributed by atoms with Gasteiger partial charge in [0, 0.05) is 23.5 Å². The maximum absolute atomic E-state index is 12.9. The van der Waals surface area contributed by atoms with Gasteiger partial charge in [-0.15, -0.1) is 0 Å². The number of aromatic nitrogens is 1. The van der Waals surface area contributed by atoms with Crippen LogP contribution in [-0.4, -0.2) is 4.98 Å². The molecule has 1 nitrogen and oxygen atoms in total. The molecular weight excluding hydrogens is 392 g/mol. The molecule has 0 radical (unpaired) electrons. The third kappa shape index (κ3) is 4.08. The molecule has 0 saturated heterocycles. The molecule has 0 amide bonds. The standard InChI is InChI=1S/C19H10ClF6N/c20-17-15(11-3-1-5-13(7-11)18(21,22)23)9-27-10-16(17)12-4-2-6-14(8-12)19(24,25)26/h1-10H. The Labute approximate surface area is 155 Å². The van der Waals surface area contributed by atoms with E-state index in [9.17, 15) is 26.3 Å². The van der Waals surface area contributed by atoms with E-state index in [1.807, 2.05) is 0 Å². The normalized spacial score (nSPS) is 12.3. The van der Waals surface area contributed by atoms with Gasteiger partial charge < -0.3 is 0 Å². The Morgan fingerprint density at radius 2 is 1.07 bits per heavy atom. The Morgan fingerprint density at radius 3 is 1.44 bits per heavy atom. The second kappa shape index (κ2) is 6.88. The van der Waals surface area contributed by atoms with Gasteiger partial charge in [0.15, 0.2) is 0 Å². The molecule has 3 rings (SSSR count). The van der Waals surface area contributed by atoms with Crippen molar-refractivity contribution in [1.82, 2.24) is 4.98 Å². The molecule has 0 aliphatic heterocycles. The molecule has 0 N–H and O–H groups in total. The summed E-state index contributed by atoms with van der Waals surface area (Å²) >= 11 is 6.31. The molecule has 3 aromatic rings. The molecule has 0 saturated carbocycles. The van der Waals surface area contributed by atoms with E-state index in [1.54, 1.807) is 0 Å². The van der Waals surface area contributed by atoms with Gasteiger partial charge in [-0.2, -0.15) is 26.3 Å². The van der Waals surface area contributed by atoms with E-state index in [0.717, 1.165) is 24.3 Å². The second-order valence-electron chi connectivity index (χ2n) is 5.71. The summed E-state index contributed by atoms with van der Waals surface area (Å²) in [5.74, 6) is 0. The van der Waals surface area contributed by atoms with Crippen LogP contribution in [0.25, 0.3) is 22.3 Å².